The van der Waals surface area contributed by atoms with Crippen LogP contribution in [0.15, 0.2) is 34.9 Å². The van der Waals surface area contributed by atoms with Gasteiger partial charge in [0.2, 0.25) is 15.4 Å². The van der Waals surface area contributed by atoms with Crippen molar-refractivity contribution in [3.05, 3.63) is 36.4 Å². The van der Waals surface area contributed by atoms with E-state index in [0.717, 1.165) is 22.7 Å². The van der Waals surface area contributed by atoms with Gasteiger partial charge in [0.1, 0.15) is 5.82 Å². The fourth-order valence-electron chi connectivity index (χ4n) is 2.06. The average molecular weight is 366 g/mol. The zero-order chi connectivity index (χ0) is 17.2. The first-order valence-corrected chi connectivity index (χ1v) is 9.27. The molecule has 0 aliphatic heterocycles. The van der Waals surface area contributed by atoms with Gasteiger partial charge in [-0.1, -0.05) is 17.4 Å². The van der Waals surface area contributed by atoms with E-state index in [4.69, 9.17) is 0 Å². The topological polar surface area (TPSA) is 118 Å². The van der Waals surface area contributed by atoms with E-state index < -0.39 is 10.0 Å². The van der Waals surface area contributed by atoms with Crippen molar-refractivity contribution in [1.29, 1.82) is 0 Å². The van der Waals surface area contributed by atoms with Gasteiger partial charge in [-0.05, 0) is 12.1 Å². The molecule has 0 saturated carbocycles. The van der Waals surface area contributed by atoms with Crippen molar-refractivity contribution in [3.63, 3.8) is 0 Å². The number of nitrogens with zero attached hydrogens (tertiary/aromatic N) is 4. The van der Waals surface area contributed by atoms with Gasteiger partial charge in [-0.3, -0.25) is 4.79 Å². The number of imidazole rings is 1. The molecule has 0 radical (unpaired) electrons. The molecule has 11 heteroatoms. The van der Waals surface area contributed by atoms with Crippen LogP contribution in [0.2, 0.25) is 0 Å². The van der Waals surface area contributed by atoms with E-state index in [1.54, 1.807) is 6.20 Å². The van der Waals surface area contributed by atoms with Crippen LogP contribution in [0.5, 0.6) is 0 Å². The zero-order valence-corrected chi connectivity index (χ0v) is 14.3. The number of fused-ring (bicyclic) bond motifs is 1. The quantitative estimate of drug-likeness (QED) is 0.619. The Morgan fingerprint density at radius 1 is 1.33 bits per heavy atom. The van der Waals surface area contributed by atoms with Gasteiger partial charge in [-0.2, -0.15) is 0 Å². The first kappa shape index (κ1) is 16.5. The Bertz CT molecular complexity index is 978. The number of sulfonamides is 1. The number of rotatable bonds is 6. The van der Waals surface area contributed by atoms with Gasteiger partial charge in [-0.25, -0.2) is 18.1 Å². The number of hydrogen-bond acceptors (Lipinski definition) is 7. The summed E-state index contributed by atoms with van der Waals surface area (Å²) in [6, 6.07) is 5.71. The number of carbonyl (C=O) groups is 1. The maximum absolute atomic E-state index is 12.2. The van der Waals surface area contributed by atoms with E-state index in [1.807, 2.05) is 28.8 Å². The summed E-state index contributed by atoms with van der Waals surface area (Å²) in [6.45, 7) is 1.48. The van der Waals surface area contributed by atoms with Crippen LogP contribution in [0.3, 0.4) is 0 Å². The third-order valence-corrected chi connectivity index (χ3v) is 5.74. The van der Waals surface area contributed by atoms with Gasteiger partial charge in [0, 0.05) is 26.1 Å². The van der Waals surface area contributed by atoms with Crippen molar-refractivity contribution in [2.75, 3.05) is 11.9 Å². The number of aromatic nitrogens is 4. The number of nitrogens with one attached hydrogen (secondary N) is 2. The Morgan fingerprint density at radius 3 is 2.96 bits per heavy atom. The summed E-state index contributed by atoms with van der Waals surface area (Å²) in [5, 5.41) is 9.75. The lowest BCUT2D eigenvalue weighted by atomic mass is 10.4. The van der Waals surface area contributed by atoms with Crippen molar-refractivity contribution >= 4 is 37.9 Å². The number of anilines is 1. The summed E-state index contributed by atoms with van der Waals surface area (Å²) in [6.07, 6.45) is 4.03. The van der Waals surface area contributed by atoms with Gasteiger partial charge >= 0.3 is 0 Å². The molecule has 3 aromatic heterocycles. The lowest BCUT2D eigenvalue weighted by Crippen LogP contribution is -2.26. The van der Waals surface area contributed by atoms with E-state index >= 15 is 0 Å². The van der Waals surface area contributed by atoms with Crippen LogP contribution in [0.4, 0.5) is 5.13 Å². The van der Waals surface area contributed by atoms with Gasteiger partial charge in [0.05, 0.1) is 11.7 Å². The fourth-order valence-corrected chi connectivity index (χ4v) is 4.08. The molecular weight excluding hydrogens is 352 g/mol. The molecule has 2 N–H and O–H groups in total. The van der Waals surface area contributed by atoms with Crippen molar-refractivity contribution in [2.45, 2.75) is 17.7 Å². The zero-order valence-electron chi connectivity index (χ0n) is 12.6. The maximum atomic E-state index is 12.2. The molecule has 126 valence electrons. The molecule has 0 aliphatic carbocycles. The predicted molar refractivity (Wildman–Crippen MR) is 88.3 cm³/mol. The molecule has 3 heterocycles. The predicted octanol–water partition coefficient (Wildman–Crippen LogP) is 0.665. The lowest BCUT2D eigenvalue weighted by Gasteiger charge is -2.03. The summed E-state index contributed by atoms with van der Waals surface area (Å²) in [4.78, 5) is 15.2. The van der Waals surface area contributed by atoms with Gasteiger partial charge in [-0.15, -0.1) is 10.2 Å². The molecule has 0 fully saturated rings. The number of carbonyl (C=O) groups excluding carboxylic acids is 1. The molecule has 0 spiro atoms. The SMILES string of the molecule is CC(=O)Nc1nnc(S(=O)(=O)NCCc2ncc3ccccn23)s1. The highest BCUT2D eigenvalue weighted by Crippen LogP contribution is 2.19. The minimum absolute atomic E-state index is 0.141. The van der Waals surface area contributed by atoms with Crippen molar-refractivity contribution < 1.29 is 13.2 Å². The van der Waals surface area contributed by atoms with Crippen LogP contribution < -0.4 is 10.0 Å². The van der Waals surface area contributed by atoms with Gasteiger partial charge in [0.15, 0.2) is 0 Å². The van der Waals surface area contributed by atoms with Crippen LogP contribution >= 0.6 is 11.3 Å². The Hall–Kier alpha value is -2.37. The third kappa shape index (κ3) is 3.58. The summed E-state index contributed by atoms with van der Waals surface area (Å²) >= 11 is 0.793. The number of hydrogen-bond donors (Lipinski definition) is 2. The molecule has 3 rings (SSSR count). The van der Waals surface area contributed by atoms with Crippen molar-refractivity contribution in [2.24, 2.45) is 0 Å². The van der Waals surface area contributed by atoms with Crippen LogP contribution in [0, 0.1) is 0 Å². The first-order valence-electron chi connectivity index (χ1n) is 6.97. The van der Waals surface area contributed by atoms with E-state index in [2.05, 4.69) is 25.2 Å². The van der Waals surface area contributed by atoms with Crippen LogP contribution in [-0.4, -0.2) is 40.5 Å². The summed E-state index contributed by atoms with van der Waals surface area (Å²) < 4.78 is 28.5. The number of amides is 1. The smallest absolute Gasteiger partial charge is 0.269 e. The minimum atomic E-state index is -3.78. The van der Waals surface area contributed by atoms with Crippen LogP contribution in [0.1, 0.15) is 12.7 Å². The summed E-state index contributed by atoms with van der Waals surface area (Å²) in [5.74, 6) is 0.416. The molecule has 0 bridgehead atoms. The van der Waals surface area contributed by atoms with Crippen molar-refractivity contribution in [1.82, 2.24) is 24.3 Å². The summed E-state index contributed by atoms with van der Waals surface area (Å²) in [5.41, 5.74) is 0.944. The second-order valence-electron chi connectivity index (χ2n) is 4.87. The van der Waals surface area contributed by atoms with Crippen LogP contribution in [0.25, 0.3) is 5.52 Å². The molecule has 3 aromatic rings. The van der Waals surface area contributed by atoms with E-state index in [-0.39, 0.29) is 21.9 Å². The fraction of sp³-hybridized carbons (Fsp3) is 0.231. The molecule has 0 atom stereocenters. The maximum Gasteiger partial charge on any atom is 0.269 e. The van der Waals surface area contributed by atoms with E-state index in [9.17, 15) is 13.2 Å². The molecular formula is C13H14N6O3S2. The first-order chi connectivity index (χ1) is 11.5. The Morgan fingerprint density at radius 2 is 2.17 bits per heavy atom. The van der Waals surface area contributed by atoms with Crippen LogP contribution in [-0.2, 0) is 21.2 Å². The van der Waals surface area contributed by atoms with Gasteiger partial charge in [0.25, 0.3) is 10.0 Å². The normalized spacial score (nSPS) is 11.7. The monoisotopic (exact) mass is 366 g/mol. The average Bonchev–Trinajstić information content (AvgIpc) is 3.14. The Balaban J connectivity index is 1.65. The number of pyridine rings is 1. The molecule has 0 aromatic carbocycles. The molecule has 24 heavy (non-hydrogen) atoms. The molecule has 0 saturated heterocycles. The minimum Gasteiger partial charge on any atom is -0.304 e. The molecule has 1 amide bonds. The standard InChI is InChI=1S/C13H14N6O3S2/c1-9(20)16-12-17-18-13(23-12)24(21,22)15-6-5-11-14-8-10-4-2-3-7-19(10)11/h2-4,7-8,15H,5-6H2,1H3,(H,16,17,20). The highest BCUT2D eigenvalue weighted by Gasteiger charge is 2.20. The highest BCUT2D eigenvalue weighted by molar-refractivity contribution is 7.91. The molecule has 0 unspecified atom stereocenters. The molecule has 0 aliphatic rings. The van der Waals surface area contributed by atoms with Crippen molar-refractivity contribution in [3.8, 4) is 0 Å². The second kappa shape index (κ2) is 6.63. The largest absolute Gasteiger partial charge is 0.304 e. The Labute approximate surface area is 141 Å². The van der Waals surface area contributed by atoms with E-state index in [1.165, 1.54) is 6.92 Å². The van der Waals surface area contributed by atoms with E-state index in [0.29, 0.717) is 6.42 Å². The van der Waals surface area contributed by atoms with Gasteiger partial charge < -0.3 is 9.72 Å². The summed E-state index contributed by atoms with van der Waals surface area (Å²) in [7, 11) is -3.78. The second-order valence-corrected chi connectivity index (χ2v) is 7.79. The Kier molecular flexibility index (Phi) is 4.55. The molecule has 9 nitrogen and oxygen atoms in total. The third-order valence-electron chi connectivity index (χ3n) is 3.08. The lowest BCUT2D eigenvalue weighted by molar-refractivity contribution is -0.114. The highest BCUT2D eigenvalue weighted by atomic mass is 32.2.